The molecule has 3 N–H and O–H groups in total. The van der Waals surface area contributed by atoms with E-state index in [0.29, 0.717) is 11.1 Å². The number of hydrogen-bond donors (Lipinski definition) is 2. The van der Waals surface area contributed by atoms with Crippen LogP contribution in [0.4, 0.5) is 10.3 Å². The second kappa shape index (κ2) is 7.14. The van der Waals surface area contributed by atoms with Gasteiger partial charge in [0.15, 0.2) is 0 Å². The predicted octanol–water partition coefficient (Wildman–Crippen LogP) is 2.64. The summed E-state index contributed by atoms with van der Waals surface area (Å²) in [4.78, 5) is 11.8. The van der Waals surface area contributed by atoms with E-state index < -0.39 is 5.82 Å². The molecule has 0 amide bonds. The number of nitrogens with one attached hydrogen (secondary N) is 1. The fraction of sp³-hybridized carbons (Fsp3) is 0.250. The molecule has 0 aliphatic rings. The molecule has 0 aliphatic heterocycles. The Bertz CT molecular complexity index is 608. The Morgan fingerprint density at radius 2 is 2.00 bits per heavy atom. The monoisotopic (exact) mass is 357 g/mol. The van der Waals surface area contributed by atoms with Gasteiger partial charge in [0.25, 0.3) is 0 Å². The Hall–Kier alpha value is -2.00. The van der Waals surface area contributed by atoms with E-state index in [9.17, 15) is 4.39 Å². The van der Waals surface area contributed by atoms with Gasteiger partial charge < -0.3 is 9.47 Å². The fourth-order valence-electron chi connectivity index (χ4n) is 1.40. The fourth-order valence-corrected chi connectivity index (χ4v) is 1.84. The number of rotatable bonds is 6. The Morgan fingerprint density at radius 1 is 1.24 bits per heavy atom. The lowest BCUT2D eigenvalue weighted by Gasteiger charge is -2.08. The van der Waals surface area contributed by atoms with Gasteiger partial charge in [0.2, 0.25) is 5.95 Å². The molecule has 9 heteroatoms. The lowest BCUT2D eigenvalue weighted by Crippen LogP contribution is -2.13. The van der Waals surface area contributed by atoms with Crippen LogP contribution in [-0.4, -0.2) is 21.6 Å². The van der Waals surface area contributed by atoms with Crippen LogP contribution in [0, 0.1) is 5.82 Å². The molecule has 2 aromatic rings. The summed E-state index contributed by atoms with van der Waals surface area (Å²) in [6, 6.07) is 4.11. The van der Waals surface area contributed by atoms with Crippen LogP contribution in [0.25, 0.3) is 0 Å². The number of nitrogens with zero attached hydrogens (tertiary/aromatic N) is 3. The van der Waals surface area contributed by atoms with E-state index in [-0.39, 0.29) is 23.7 Å². The number of hydrogen-bond acceptors (Lipinski definition) is 7. The summed E-state index contributed by atoms with van der Waals surface area (Å²) >= 11 is 3.17. The minimum absolute atomic E-state index is 0.0541. The molecule has 2 rings (SSSR count). The molecule has 0 fully saturated rings. The van der Waals surface area contributed by atoms with E-state index in [0.717, 1.165) is 6.42 Å². The highest BCUT2D eigenvalue weighted by Crippen LogP contribution is 2.25. The Kier molecular flexibility index (Phi) is 5.23. The molecular weight excluding hydrogens is 345 g/mol. The first kappa shape index (κ1) is 15.4. The third-order valence-electron chi connectivity index (χ3n) is 2.20. The van der Waals surface area contributed by atoms with E-state index in [1.165, 1.54) is 12.1 Å². The molecule has 1 heterocycles. The standard InChI is InChI=1S/C12H13BrFN5O2/c1-2-3-20-11-16-10(19-15)17-12(18-11)21-9-5-7(13)4-8(14)6-9/h4-6H,2-3,15H2,1H3,(H,16,17,18,19). The Morgan fingerprint density at radius 3 is 2.67 bits per heavy atom. The molecule has 0 atom stereocenters. The van der Waals surface area contributed by atoms with E-state index in [2.05, 4.69) is 36.3 Å². The van der Waals surface area contributed by atoms with Crippen LogP contribution in [-0.2, 0) is 0 Å². The van der Waals surface area contributed by atoms with Crippen molar-refractivity contribution in [3.63, 3.8) is 0 Å². The second-order valence-corrected chi connectivity index (χ2v) is 4.84. The normalized spacial score (nSPS) is 10.3. The smallest absolute Gasteiger partial charge is 0.330 e. The van der Waals surface area contributed by atoms with Crippen LogP contribution in [0.3, 0.4) is 0 Å². The molecular formula is C12H13BrFN5O2. The molecule has 0 aliphatic carbocycles. The number of nitrogen functional groups attached to an aromatic ring is 1. The summed E-state index contributed by atoms with van der Waals surface area (Å²) in [6.45, 7) is 2.39. The molecule has 1 aromatic carbocycles. The van der Waals surface area contributed by atoms with Crippen molar-refractivity contribution < 1.29 is 13.9 Å². The van der Waals surface area contributed by atoms with Crippen molar-refractivity contribution in [2.24, 2.45) is 5.84 Å². The topological polar surface area (TPSA) is 95.2 Å². The third kappa shape index (κ3) is 4.50. The summed E-state index contributed by atoms with van der Waals surface area (Å²) in [5.41, 5.74) is 2.29. The number of aromatic nitrogens is 3. The van der Waals surface area contributed by atoms with Crippen molar-refractivity contribution in [1.82, 2.24) is 15.0 Å². The summed E-state index contributed by atoms with van der Waals surface area (Å²) in [5.74, 6) is 5.14. The van der Waals surface area contributed by atoms with Gasteiger partial charge >= 0.3 is 12.0 Å². The van der Waals surface area contributed by atoms with Crippen molar-refractivity contribution in [2.75, 3.05) is 12.0 Å². The summed E-state index contributed by atoms with van der Waals surface area (Å²) in [5, 5.41) is 0. The van der Waals surface area contributed by atoms with E-state index >= 15 is 0 Å². The Labute approximate surface area is 128 Å². The lowest BCUT2D eigenvalue weighted by molar-refractivity contribution is 0.285. The maximum absolute atomic E-state index is 13.3. The Balaban J connectivity index is 2.25. The van der Waals surface area contributed by atoms with Crippen LogP contribution < -0.4 is 20.7 Å². The third-order valence-corrected chi connectivity index (χ3v) is 2.66. The summed E-state index contributed by atoms with van der Waals surface area (Å²) in [7, 11) is 0. The minimum Gasteiger partial charge on any atom is -0.463 e. The maximum Gasteiger partial charge on any atom is 0.330 e. The molecule has 1 aromatic heterocycles. The molecule has 0 spiro atoms. The SMILES string of the molecule is CCCOc1nc(NN)nc(Oc2cc(F)cc(Br)c2)n1. The first-order valence-electron chi connectivity index (χ1n) is 6.10. The molecule has 21 heavy (non-hydrogen) atoms. The number of nitrogens with two attached hydrogens (primary N) is 1. The number of anilines is 1. The van der Waals surface area contributed by atoms with Crippen molar-refractivity contribution in [1.29, 1.82) is 0 Å². The number of benzene rings is 1. The average Bonchev–Trinajstić information content (AvgIpc) is 2.43. The number of hydrazine groups is 1. The van der Waals surface area contributed by atoms with Gasteiger partial charge in [0.1, 0.15) is 11.6 Å². The van der Waals surface area contributed by atoms with Gasteiger partial charge in [-0.25, -0.2) is 10.2 Å². The van der Waals surface area contributed by atoms with Crippen molar-refractivity contribution in [2.45, 2.75) is 13.3 Å². The first-order chi connectivity index (χ1) is 10.1. The van der Waals surface area contributed by atoms with Crippen molar-refractivity contribution >= 4 is 21.9 Å². The highest BCUT2D eigenvalue weighted by atomic mass is 79.9. The van der Waals surface area contributed by atoms with Gasteiger partial charge in [-0.2, -0.15) is 9.97 Å². The maximum atomic E-state index is 13.3. The molecule has 0 saturated heterocycles. The van der Waals surface area contributed by atoms with Gasteiger partial charge in [0.05, 0.1) is 6.61 Å². The van der Waals surface area contributed by atoms with E-state index in [4.69, 9.17) is 15.3 Å². The van der Waals surface area contributed by atoms with Gasteiger partial charge in [-0.3, -0.25) is 5.43 Å². The van der Waals surface area contributed by atoms with Crippen molar-refractivity contribution in [3.05, 3.63) is 28.5 Å². The minimum atomic E-state index is -0.451. The lowest BCUT2D eigenvalue weighted by atomic mass is 10.3. The largest absolute Gasteiger partial charge is 0.463 e. The molecule has 7 nitrogen and oxygen atoms in total. The average molecular weight is 358 g/mol. The number of halogens is 2. The van der Waals surface area contributed by atoms with E-state index in [1.807, 2.05) is 6.92 Å². The van der Waals surface area contributed by atoms with Crippen LogP contribution in [0.2, 0.25) is 0 Å². The summed E-state index contributed by atoms with van der Waals surface area (Å²) < 4.78 is 24.5. The zero-order valence-corrected chi connectivity index (χ0v) is 12.7. The molecule has 0 bridgehead atoms. The van der Waals surface area contributed by atoms with Crippen LogP contribution in [0.1, 0.15) is 13.3 Å². The highest BCUT2D eigenvalue weighted by molar-refractivity contribution is 9.10. The zero-order chi connectivity index (χ0) is 15.2. The first-order valence-corrected chi connectivity index (χ1v) is 6.89. The highest BCUT2D eigenvalue weighted by Gasteiger charge is 2.10. The molecule has 112 valence electrons. The van der Waals surface area contributed by atoms with Gasteiger partial charge in [-0.1, -0.05) is 22.9 Å². The van der Waals surface area contributed by atoms with Gasteiger partial charge in [0, 0.05) is 10.5 Å². The van der Waals surface area contributed by atoms with Crippen LogP contribution in [0.5, 0.6) is 17.8 Å². The predicted molar refractivity (Wildman–Crippen MR) is 77.6 cm³/mol. The van der Waals surface area contributed by atoms with Crippen LogP contribution in [0.15, 0.2) is 22.7 Å². The second-order valence-electron chi connectivity index (χ2n) is 3.92. The van der Waals surface area contributed by atoms with Gasteiger partial charge in [-0.15, -0.1) is 4.98 Å². The van der Waals surface area contributed by atoms with Crippen LogP contribution >= 0.6 is 15.9 Å². The van der Waals surface area contributed by atoms with E-state index in [1.54, 1.807) is 6.07 Å². The van der Waals surface area contributed by atoms with Gasteiger partial charge in [-0.05, 0) is 18.6 Å². The molecule has 0 unspecified atom stereocenters. The van der Waals surface area contributed by atoms with Crippen molar-refractivity contribution in [3.8, 4) is 17.8 Å². The molecule has 0 saturated carbocycles. The quantitative estimate of drug-likeness (QED) is 0.605. The zero-order valence-electron chi connectivity index (χ0n) is 11.1. The summed E-state index contributed by atoms with van der Waals surface area (Å²) in [6.07, 6.45) is 0.796. The number of ether oxygens (including phenoxy) is 2. The molecule has 0 radical (unpaired) electrons.